The van der Waals surface area contributed by atoms with E-state index in [9.17, 15) is 0 Å². The number of nitrogens with zero attached hydrogens (tertiary/aromatic N) is 1. The minimum absolute atomic E-state index is 0.242. The Labute approximate surface area is 111 Å². The summed E-state index contributed by atoms with van der Waals surface area (Å²) in [4.78, 5) is 2.57. The van der Waals surface area contributed by atoms with Crippen LogP contribution in [-0.2, 0) is 6.42 Å². The molecule has 1 saturated carbocycles. The number of benzene rings is 1. The molecule has 2 nitrogen and oxygen atoms in total. The smallest absolute Gasteiger partial charge is 0.0368 e. The van der Waals surface area contributed by atoms with E-state index in [0.29, 0.717) is 5.92 Å². The van der Waals surface area contributed by atoms with Crippen molar-refractivity contribution in [3.05, 3.63) is 29.8 Å². The van der Waals surface area contributed by atoms with Crippen LogP contribution in [-0.4, -0.2) is 18.6 Å². The maximum atomic E-state index is 5.84. The largest absolute Gasteiger partial charge is 0.368 e. The van der Waals surface area contributed by atoms with Crippen LogP contribution < -0.4 is 10.6 Å². The first kappa shape index (κ1) is 13.4. The van der Waals surface area contributed by atoms with Gasteiger partial charge in [0.15, 0.2) is 0 Å². The predicted octanol–water partition coefficient (Wildman–Crippen LogP) is 3.20. The van der Waals surface area contributed by atoms with Gasteiger partial charge in [-0.2, -0.15) is 0 Å². The van der Waals surface area contributed by atoms with Gasteiger partial charge in [0.1, 0.15) is 0 Å². The van der Waals surface area contributed by atoms with E-state index < -0.39 is 0 Å². The fourth-order valence-electron chi connectivity index (χ4n) is 2.44. The molecule has 0 aromatic heterocycles. The summed E-state index contributed by atoms with van der Waals surface area (Å²) >= 11 is 0. The van der Waals surface area contributed by atoms with Gasteiger partial charge in [-0.3, -0.25) is 0 Å². The van der Waals surface area contributed by atoms with E-state index >= 15 is 0 Å². The second kappa shape index (κ2) is 5.75. The molecule has 0 saturated heterocycles. The van der Waals surface area contributed by atoms with Gasteiger partial charge in [0.05, 0.1) is 0 Å². The zero-order chi connectivity index (χ0) is 13.1. The Balaban J connectivity index is 2.06. The van der Waals surface area contributed by atoms with Gasteiger partial charge in [-0.1, -0.05) is 26.0 Å². The van der Waals surface area contributed by atoms with Crippen LogP contribution in [0.15, 0.2) is 24.3 Å². The number of rotatable bonds is 6. The van der Waals surface area contributed by atoms with Gasteiger partial charge in [0.25, 0.3) is 0 Å². The topological polar surface area (TPSA) is 29.3 Å². The zero-order valence-electron chi connectivity index (χ0n) is 11.9. The lowest BCUT2D eigenvalue weighted by Gasteiger charge is -2.27. The molecule has 2 rings (SSSR count). The van der Waals surface area contributed by atoms with Gasteiger partial charge in [-0.05, 0) is 49.8 Å². The summed E-state index contributed by atoms with van der Waals surface area (Å²) in [6.45, 7) is 7.81. The van der Waals surface area contributed by atoms with Gasteiger partial charge >= 0.3 is 0 Å². The van der Waals surface area contributed by atoms with Crippen molar-refractivity contribution in [2.24, 2.45) is 11.7 Å². The number of nitrogens with two attached hydrogens (primary N) is 1. The molecule has 1 aromatic rings. The lowest BCUT2D eigenvalue weighted by molar-refractivity contribution is 0.607. The first-order valence-corrected chi connectivity index (χ1v) is 7.17. The van der Waals surface area contributed by atoms with Crippen LogP contribution in [0.2, 0.25) is 0 Å². The third kappa shape index (κ3) is 3.74. The standard InChI is InChI=1S/C16H26N2/c1-12(2)11-18(16-8-9-16)15-6-4-14(5-7-15)10-13(3)17/h4-7,12-13,16H,8-11,17H2,1-3H3. The van der Waals surface area contributed by atoms with Gasteiger partial charge in [-0.15, -0.1) is 0 Å². The van der Waals surface area contributed by atoms with Crippen LogP contribution in [0.3, 0.4) is 0 Å². The van der Waals surface area contributed by atoms with E-state index in [-0.39, 0.29) is 6.04 Å². The molecular formula is C16H26N2. The highest BCUT2D eigenvalue weighted by atomic mass is 15.2. The molecule has 0 spiro atoms. The summed E-state index contributed by atoms with van der Waals surface area (Å²) in [6, 6.07) is 10.0. The minimum Gasteiger partial charge on any atom is -0.368 e. The average molecular weight is 246 g/mol. The van der Waals surface area contributed by atoms with Crippen molar-refractivity contribution >= 4 is 5.69 Å². The van der Waals surface area contributed by atoms with E-state index in [4.69, 9.17) is 5.73 Å². The van der Waals surface area contributed by atoms with E-state index in [1.807, 2.05) is 0 Å². The molecule has 1 aliphatic rings. The van der Waals surface area contributed by atoms with Crippen LogP contribution in [0.1, 0.15) is 39.2 Å². The highest BCUT2D eigenvalue weighted by Gasteiger charge is 2.29. The monoisotopic (exact) mass is 246 g/mol. The lowest BCUT2D eigenvalue weighted by atomic mass is 10.1. The van der Waals surface area contributed by atoms with E-state index in [0.717, 1.165) is 19.0 Å². The molecule has 0 heterocycles. The molecular weight excluding hydrogens is 220 g/mol. The molecule has 0 amide bonds. The van der Waals surface area contributed by atoms with Crippen molar-refractivity contribution in [3.8, 4) is 0 Å². The molecule has 0 aliphatic heterocycles. The third-order valence-corrected chi connectivity index (χ3v) is 3.38. The van der Waals surface area contributed by atoms with Crippen molar-refractivity contribution in [3.63, 3.8) is 0 Å². The van der Waals surface area contributed by atoms with E-state index in [2.05, 4.69) is 49.9 Å². The third-order valence-electron chi connectivity index (χ3n) is 3.38. The molecule has 1 aliphatic carbocycles. The first-order valence-electron chi connectivity index (χ1n) is 7.17. The van der Waals surface area contributed by atoms with Crippen molar-refractivity contribution in [2.45, 2.75) is 52.1 Å². The molecule has 1 unspecified atom stereocenters. The first-order chi connectivity index (χ1) is 8.56. The zero-order valence-corrected chi connectivity index (χ0v) is 11.9. The Bertz CT molecular complexity index is 363. The molecule has 2 N–H and O–H groups in total. The van der Waals surface area contributed by atoms with Gasteiger partial charge in [0, 0.05) is 24.3 Å². The fraction of sp³-hybridized carbons (Fsp3) is 0.625. The molecule has 1 aromatic carbocycles. The quantitative estimate of drug-likeness (QED) is 0.835. The maximum absolute atomic E-state index is 5.84. The summed E-state index contributed by atoms with van der Waals surface area (Å²) < 4.78 is 0. The Hall–Kier alpha value is -1.02. The van der Waals surface area contributed by atoms with Crippen LogP contribution >= 0.6 is 0 Å². The lowest BCUT2D eigenvalue weighted by Crippen LogP contribution is -2.29. The summed E-state index contributed by atoms with van der Waals surface area (Å²) in [7, 11) is 0. The Morgan fingerprint density at radius 1 is 1.17 bits per heavy atom. The van der Waals surface area contributed by atoms with Gasteiger partial charge < -0.3 is 10.6 Å². The molecule has 1 fully saturated rings. The fourth-order valence-corrected chi connectivity index (χ4v) is 2.44. The van der Waals surface area contributed by atoms with Crippen molar-refractivity contribution in [1.29, 1.82) is 0 Å². The maximum Gasteiger partial charge on any atom is 0.0368 e. The highest BCUT2D eigenvalue weighted by Crippen LogP contribution is 2.32. The highest BCUT2D eigenvalue weighted by molar-refractivity contribution is 5.49. The number of anilines is 1. The van der Waals surface area contributed by atoms with Gasteiger partial charge in [0.2, 0.25) is 0 Å². The van der Waals surface area contributed by atoms with Gasteiger partial charge in [-0.25, -0.2) is 0 Å². The normalized spacial score (nSPS) is 16.9. The summed E-state index contributed by atoms with van der Waals surface area (Å²) in [6.07, 6.45) is 3.68. The second-order valence-electron chi connectivity index (χ2n) is 6.13. The molecule has 18 heavy (non-hydrogen) atoms. The van der Waals surface area contributed by atoms with Crippen molar-refractivity contribution < 1.29 is 0 Å². The van der Waals surface area contributed by atoms with Crippen molar-refractivity contribution in [2.75, 3.05) is 11.4 Å². The molecule has 0 radical (unpaired) electrons. The van der Waals surface area contributed by atoms with E-state index in [1.54, 1.807) is 0 Å². The Morgan fingerprint density at radius 3 is 2.22 bits per heavy atom. The predicted molar refractivity (Wildman–Crippen MR) is 79.0 cm³/mol. The van der Waals surface area contributed by atoms with Crippen LogP contribution in [0.25, 0.3) is 0 Å². The minimum atomic E-state index is 0.242. The molecule has 0 bridgehead atoms. The number of hydrogen-bond acceptors (Lipinski definition) is 2. The van der Waals surface area contributed by atoms with Crippen LogP contribution in [0.5, 0.6) is 0 Å². The summed E-state index contributed by atoms with van der Waals surface area (Å²) in [5.41, 5.74) is 8.55. The van der Waals surface area contributed by atoms with E-state index in [1.165, 1.54) is 24.1 Å². The number of hydrogen-bond donors (Lipinski definition) is 1. The summed E-state index contributed by atoms with van der Waals surface area (Å²) in [5, 5.41) is 0. The van der Waals surface area contributed by atoms with Crippen LogP contribution in [0.4, 0.5) is 5.69 Å². The SMILES string of the molecule is CC(C)CN(c1ccc(CC(C)N)cc1)C1CC1. The molecule has 1 atom stereocenters. The summed E-state index contributed by atoms with van der Waals surface area (Å²) in [5.74, 6) is 0.717. The average Bonchev–Trinajstić information content (AvgIpc) is 3.10. The Kier molecular flexibility index (Phi) is 4.28. The molecule has 100 valence electrons. The van der Waals surface area contributed by atoms with Crippen LogP contribution in [0, 0.1) is 5.92 Å². The van der Waals surface area contributed by atoms with Crippen molar-refractivity contribution in [1.82, 2.24) is 0 Å². The molecule has 2 heteroatoms. The Morgan fingerprint density at radius 2 is 1.78 bits per heavy atom. The second-order valence-corrected chi connectivity index (χ2v) is 6.13.